The van der Waals surface area contributed by atoms with Gasteiger partial charge >= 0.3 is 0 Å². The number of fused-ring (bicyclic) bond motifs is 4. The lowest BCUT2D eigenvalue weighted by molar-refractivity contribution is -0.123. The number of hydrogen-bond donors (Lipinski definition) is 1. The minimum atomic E-state index is -0.221. The maximum Gasteiger partial charge on any atom is 0.159 e. The summed E-state index contributed by atoms with van der Waals surface area (Å²) in [6, 6.07) is 0. The van der Waals surface area contributed by atoms with Crippen LogP contribution in [0.25, 0.3) is 0 Å². The van der Waals surface area contributed by atoms with E-state index in [9.17, 15) is 9.90 Å². The number of allylic oxidation sites excluding steroid dienone is 2. The van der Waals surface area contributed by atoms with Gasteiger partial charge in [-0.15, -0.1) is 0 Å². The van der Waals surface area contributed by atoms with Gasteiger partial charge in [-0.25, -0.2) is 0 Å². The first-order valence-corrected chi connectivity index (χ1v) is 12.6. The van der Waals surface area contributed by atoms with Crippen molar-refractivity contribution in [3.63, 3.8) is 0 Å². The van der Waals surface area contributed by atoms with Crippen molar-refractivity contribution >= 4 is 5.78 Å². The van der Waals surface area contributed by atoms with Crippen molar-refractivity contribution in [3.05, 3.63) is 11.1 Å². The van der Waals surface area contributed by atoms with Gasteiger partial charge in [0.05, 0.1) is 6.10 Å². The van der Waals surface area contributed by atoms with Crippen molar-refractivity contribution in [1.29, 1.82) is 0 Å². The van der Waals surface area contributed by atoms with Crippen LogP contribution in [0.15, 0.2) is 11.1 Å². The molecule has 29 heavy (non-hydrogen) atoms. The third-order valence-corrected chi connectivity index (χ3v) is 9.84. The monoisotopic (exact) mass is 400 g/mol. The number of rotatable bonds is 5. The fourth-order valence-electron chi connectivity index (χ4n) is 8.42. The van der Waals surface area contributed by atoms with E-state index in [1.807, 2.05) is 0 Å². The summed E-state index contributed by atoms with van der Waals surface area (Å²) in [5, 5.41) is 10.4. The summed E-state index contributed by atoms with van der Waals surface area (Å²) < 4.78 is 0. The van der Waals surface area contributed by atoms with Crippen LogP contribution in [0.3, 0.4) is 0 Å². The highest BCUT2D eigenvalue weighted by Crippen LogP contribution is 2.65. The van der Waals surface area contributed by atoms with Crippen molar-refractivity contribution in [2.75, 3.05) is 0 Å². The number of carbonyl (C=O) groups is 1. The van der Waals surface area contributed by atoms with Crippen molar-refractivity contribution in [3.8, 4) is 0 Å². The van der Waals surface area contributed by atoms with E-state index in [2.05, 4.69) is 34.6 Å². The van der Waals surface area contributed by atoms with Gasteiger partial charge in [-0.2, -0.15) is 0 Å². The Morgan fingerprint density at radius 3 is 2.52 bits per heavy atom. The Morgan fingerprint density at radius 1 is 1.03 bits per heavy atom. The van der Waals surface area contributed by atoms with Crippen molar-refractivity contribution in [2.45, 2.75) is 111 Å². The average Bonchev–Trinajstić information content (AvgIpc) is 2.96. The van der Waals surface area contributed by atoms with Gasteiger partial charge in [0.15, 0.2) is 5.78 Å². The van der Waals surface area contributed by atoms with Gasteiger partial charge in [-0.1, -0.05) is 59.5 Å². The molecule has 0 aromatic rings. The molecule has 7 atom stereocenters. The number of ketones is 1. The lowest BCUT2D eigenvalue weighted by Crippen LogP contribution is -2.49. The summed E-state index contributed by atoms with van der Waals surface area (Å²) >= 11 is 0. The molecule has 164 valence electrons. The minimum Gasteiger partial charge on any atom is -0.393 e. The second kappa shape index (κ2) is 7.81. The molecule has 4 rings (SSSR count). The van der Waals surface area contributed by atoms with Crippen molar-refractivity contribution < 1.29 is 9.90 Å². The summed E-state index contributed by atoms with van der Waals surface area (Å²) in [5.74, 6) is 3.87. The lowest BCUT2D eigenvalue weighted by atomic mass is 9.50. The number of aliphatic hydroxyl groups excluding tert-OH is 1. The molecule has 0 aromatic heterocycles. The van der Waals surface area contributed by atoms with Crippen LogP contribution in [0.4, 0.5) is 0 Å². The third-order valence-electron chi connectivity index (χ3n) is 9.84. The van der Waals surface area contributed by atoms with Crippen molar-refractivity contribution in [1.82, 2.24) is 0 Å². The Balaban J connectivity index is 1.60. The molecule has 0 aliphatic heterocycles. The number of carbonyl (C=O) groups excluding carboxylic acids is 1. The van der Waals surface area contributed by atoms with Gasteiger partial charge in [0.2, 0.25) is 0 Å². The molecule has 2 nitrogen and oxygen atoms in total. The Labute approximate surface area is 178 Å². The van der Waals surface area contributed by atoms with Crippen LogP contribution in [-0.2, 0) is 4.79 Å². The second-order valence-corrected chi connectivity index (χ2v) is 12.1. The van der Waals surface area contributed by atoms with Gasteiger partial charge < -0.3 is 5.11 Å². The molecule has 0 radical (unpaired) electrons. The Hall–Kier alpha value is -0.630. The fourth-order valence-corrected chi connectivity index (χ4v) is 8.42. The van der Waals surface area contributed by atoms with Crippen LogP contribution in [-0.4, -0.2) is 17.0 Å². The second-order valence-electron chi connectivity index (χ2n) is 12.1. The number of aliphatic hydroxyl groups is 1. The maximum absolute atomic E-state index is 13.7. The minimum absolute atomic E-state index is 0.0649. The molecule has 0 saturated heterocycles. The summed E-state index contributed by atoms with van der Waals surface area (Å²) in [6.07, 6.45) is 12.3. The SMILES string of the molecule is CC(C)CCC[C@@H](C)[C@H]1CC[C@H]2C3=C(C(=O)C[C@]12C)[C@@]1(C)CC(O)CCC1CC3. The summed E-state index contributed by atoms with van der Waals surface area (Å²) in [4.78, 5) is 13.7. The number of Topliss-reactive ketones (excluding diaryl/α,β-unsaturated/α-hetero) is 1. The van der Waals surface area contributed by atoms with E-state index in [-0.39, 0.29) is 16.9 Å². The molecule has 0 aromatic carbocycles. The molecular formula is C27H44O2. The van der Waals surface area contributed by atoms with E-state index in [0.29, 0.717) is 23.5 Å². The predicted octanol–water partition coefficient (Wildman–Crippen LogP) is 6.71. The summed E-state index contributed by atoms with van der Waals surface area (Å²) in [6.45, 7) is 11.9. The zero-order chi connectivity index (χ0) is 21.0. The van der Waals surface area contributed by atoms with Crippen LogP contribution in [0.2, 0.25) is 0 Å². The quantitative estimate of drug-likeness (QED) is 0.556. The maximum atomic E-state index is 13.7. The Kier molecular flexibility index (Phi) is 5.82. The van der Waals surface area contributed by atoms with Crippen LogP contribution in [0, 0.1) is 40.4 Å². The third kappa shape index (κ3) is 3.56. The highest BCUT2D eigenvalue weighted by Gasteiger charge is 2.58. The molecule has 0 amide bonds. The molecule has 2 heteroatoms. The smallest absolute Gasteiger partial charge is 0.159 e. The molecule has 2 fully saturated rings. The first-order chi connectivity index (χ1) is 13.7. The Morgan fingerprint density at radius 2 is 1.79 bits per heavy atom. The molecule has 2 saturated carbocycles. The number of hydrogen-bond acceptors (Lipinski definition) is 2. The van der Waals surface area contributed by atoms with E-state index in [1.165, 1.54) is 49.7 Å². The van der Waals surface area contributed by atoms with E-state index in [4.69, 9.17) is 0 Å². The zero-order valence-electron chi connectivity index (χ0n) is 19.6. The molecule has 0 bridgehead atoms. The molecule has 0 heterocycles. The standard InChI is InChI=1S/C27H44O2/c1-17(2)7-6-8-18(3)22-13-14-23-21-12-10-19-9-11-20(28)15-26(19,4)25(21)24(29)16-27(22,23)5/h17-20,22-23,28H,6-16H2,1-5H3/t18-,19?,20?,22-,23+,26+,27-/m1/s1. The Bertz CT molecular complexity index is 676. The van der Waals surface area contributed by atoms with E-state index < -0.39 is 0 Å². The lowest BCUT2D eigenvalue weighted by Gasteiger charge is -2.54. The first kappa shape index (κ1) is 21.6. The van der Waals surface area contributed by atoms with Crippen molar-refractivity contribution in [2.24, 2.45) is 40.4 Å². The van der Waals surface area contributed by atoms with E-state index in [0.717, 1.165) is 43.9 Å². The van der Waals surface area contributed by atoms with Gasteiger partial charge in [0, 0.05) is 17.4 Å². The first-order valence-electron chi connectivity index (χ1n) is 12.6. The largest absolute Gasteiger partial charge is 0.393 e. The molecule has 4 aliphatic carbocycles. The van der Waals surface area contributed by atoms with Gasteiger partial charge in [0.25, 0.3) is 0 Å². The van der Waals surface area contributed by atoms with Gasteiger partial charge in [0.1, 0.15) is 0 Å². The highest BCUT2D eigenvalue weighted by molar-refractivity contribution is 5.99. The van der Waals surface area contributed by atoms with E-state index >= 15 is 0 Å². The highest BCUT2D eigenvalue weighted by atomic mass is 16.3. The van der Waals surface area contributed by atoms with Crippen LogP contribution in [0.1, 0.15) is 105 Å². The molecular weight excluding hydrogens is 356 g/mol. The zero-order valence-corrected chi connectivity index (χ0v) is 19.6. The normalized spacial score (nSPS) is 43.2. The molecule has 2 unspecified atom stereocenters. The van der Waals surface area contributed by atoms with E-state index in [1.54, 1.807) is 0 Å². The van der Waals surface area contributed by atoms with Gasteiger partial charge in [-0.3, -0.25) is 4.79 Å². The van der Waals surface area contributed by atoms with Crippen LogP contribution >= 0.6 is 0 Å². The van der Waals surface area contributed by atoms with Crippen LogP contribution < -0.4 is 0 Å². The van der Waals surface area contributed by atoms with Crippen LogP contribution in [0.5, 0.6) is 0 Å². The predicted molar refractivity (Wildman–Crippen MR) is 120 cm³/mol. The average molecular weight is 401 g/mol. The van der Waals surface area contributed by atoms with Gasteiger partial charge in [-0.05, 0) is 80.0 Å². The fraction of sp³-hybridized carbons (Fsp3) is 0.889. The molecule has 4 aliphatic rings. The topological polar surface area (TPSA) is 37.3 Å². The molecule has 0 spiro atoms. The molecule has 1 N–H and O–H groups in total. The summed E-state index contributed by atoms with van der Waals surface area (Å²) in [5.41, 5.74) is 2.84. The summed E-state index contributed by atoms with van der Waals surface area (Å²) in [7, 11) is 0.